The Morgan fingerprint density at radius 3 is 2.61 bits per heavy atom. The van der Waals surface area contributed by atoms with E-state index in [1.807, 2.05) is 6.07 Å². The molecule has 2 N–H and O–H groups in total. The number of nitrogens with two attached hydrogens (primary N) is 1. The van der Waals surface area contributed by atoms with Crippen molar-refractivity contribution in [2.75, 3.05) is 0 Å². The minimum atomic E-state index is -0.143. The third-order valence-corrected chi connectivity index (χ3v) is 5.65. The molecule has 1 aromatic rings. The van der Waals surface area contributed by atoms with Gasteiger partial charge in [0.05, 0.1) is 0 Å². The third-order valence-electron chi connectivity index (χ3n) is 5.65. The van der Waals surface area contributed by atoms with E-state index in [9.17, 15) is 4.39 Å². The monoisotopic (exact) mass is 245 g/mol. The number of rotatable bonds is 3. The SMILES string of the molecule is NC(Cc1cccc(F)c1)C1C2C3CCC(C3)C12. The van der Waals surface area contributed by atoms with Gasteiger partial charge in [-0.1, -0.05) is 12.1 Å². The zero-order valence-corrected chi connectivity index (χ0v) is 10.6. The summed E-state index contributed by atoms with van der Waals surface area (Å²) in [6.45, 7) is 0. The summed E-state index contributed by atoms with van der Waals surface area (Å²) in [6, 6.07) is 7.16. The van der Waals surface area contributed by atoms with Crippen LogP contribution in [0.2, 0.25) is 0 Å². The highest BCUT2D eigenvalue weighted by Crippen LogP contribution is 2.70. The number of hydrogen-bond donors (Lipinski definition) is 1. The van der Waals surface area contributed by atoms with E-state index in [1.165, 1.54) is 25.3 Å². The molecule has 0 radical (unpaired) electrons. The van der Waals surface area contributed by atoms with Gasteiger partial charge in [0.15, 0.2) is 0 Å². The van der Waals surface area contributed by atoms with Crippen LogP contribution in [0.5, 0.6) is 0 Å². The molecule has 18 heavy (non-hydrogen) atoms. The van der Waals surface area contributed by atoms with Gasteiger partial charge in [-0.15, -0.1) is 0 Å². The summed E-state index contributed by atoms with van der Waals surface area (Å²) < 4.78 is 13.2. The van der Waals surface area contributed by atoms with Crippen LogP contribution in [0.15, 0.2) is 24.3 Å². The summed E-state index contributed by atoms with van der Waals surface area (Å²) in [5.74, 6) is 4.39. The Labute approximate surface area is 108 Å². The largest absolute Gasteiger partial charge is 0.327 e. The van der Waals surface area contributed by atoms with E-state index >= 15 is 0 Å². The lowest BCUT2D eigenvalue weighted by molar-refractivity contribution is 0.409. The lowest BCUT2D eigenvalue weighted by Gasteiger charge is -2.16. The highest BCUT2D eigenvalue weighted by Gasteiger charge is 2.65. The van der Waals surface area contributed by atoms with E-state index < -0.39 is 0 Å². The maximum atomic E-state index is 13.2. The fourth-order valence-electron chi connectivity index (χ4n) is 5.04. The minimum absolute atomic E-state index is 0.143. The van der Waals surface area contributed by atoms with Gasteiger partial charge in [-0.2, -0.15) is 0 Å². The number of fused-ring (bicyclic) bond motifs is 5. The first kappa shape index (κ1) is 11.0. The van der Waals surface area contributed by atoms with Crippen molar-refractivity contribution in [2.45, 2.75) is 31.7 Å². The summed E-state index contributed by atoms with van der Waals surface area (Å²) in [5.41, 5.74) is 7.44. The molecular weight excluding hydrogens is 225 g/mol. The van der Waals surface area contributed by atoms with Gasteiger partial charge in [-0.05, 0) is 73.0 Å². The van der Waals surface area contributed by atoms with Crippen LogP contribution in [0, 0.1) is 35.4 Å². The van der Waals surface area contributed by atoms with Crippen LogP contribution < -0.4 is 5.73 Å². The molecule has 5 atom stereocenters. The van der Waals surface area contributed by atoms with Crippen molar-refractivity contribution < 1.29 is 4.39 Å². The van der Waals surface area contributed by atoms with Gasteiger partial charge in [0, 0.05) is 6.04 Å². The first-order valence-electron chi connectivity index (χ1n) is 7.24. The Kier molecular flexibility index (Phi) is 2.32. The molecule has 3 fully saturated rings. The minimum Gasteiger partial charge on any atom is -0.327 e. The van der Waals surface area contributed by atoms with Crippen LogP contribution in [0.4, 0.5) is 4.39 Å². The number of halogens is 1. The Balaban J connectivity index is 1.45. The second-order valence-electron chi connectivity index (χ2n) is 6.56. The fourth-order valence-corrected chi connectivity index (χ4v) is 5.04. The Bertz CT molecular complexity index is 456. The predicted molar refractivity (Wildman–Crippen MR) is 69.4 cm³/mol. The Morgan fingerprint density at radius 2 is 1.94 bits per heavy atom. The van der Waals surface area contributed by atoms with Crippen molar-refractivity contribution in [1.82, 2.24) is 0 Å². The standard InChI is InChI=1S/C16H20FN/c17-12-3-1-2-9(6-12)7-13(18)16-14-10-4-5-11(8-10)15(14)16/h1-3,6,10-11,13-16H,4-5,7-8,18H2. The molecule has 3 aliphatic rings. The molecular formula is C16H20FN. The summed E-state index contributed by atoms with van der Waals surface area (Å²) >= 11 is 0. The van der Waals surface area contributed by atoms with Gasteiger partial charge in [-0.3, -0.25) is 0 Å². The highest BCUT2D eigenvalue weighted by atomic mass is 19.1. The quantitative estimate of drug-likeness (QED) is 0.870. The Hall–Kier alpha value is -0.890. The normalized spacial score (nSPS) is 41.8. The lowest BCUT2D eigenvalue weighted by atomic mass is 9.94. The number of benzene rings is 1. The van der Waals surface area contributed by atoms with Crippen LogP contribution in [-0.2, 0) is 6.42 Å². The average molecular weight is 245 g/mol. The maximum absolute atomic E-state index is 13.2. The summed E-state index contributed by atoms with van der Waals surface area (Å²) in [5, 5.41) is 0. The van der Waals surface area contributed by atoms with Crippen LogP contribution in [0.3, 0.4) is 0 Å². The van der Waals surface area contributed by atoms with Crippen molar-refractivity contribution in [3.63, 3.8) is 0 Å². The maximum Gasteiger partial charge on any atom is 0.123 e. The highest BCUT2D eigenvalue weighted by molar-refractivity contribution is 5.21. The van der Waals surface area contributed by atoms with Crippen LogP contribution >= 0.6 is 0 Å². The van der Waals surface area contributed by atoms with E-state index in [1.54, 1.807) is 12.1 Å². The second kappa shape index (κ2) is 3.80. The van der Waals surface area contributed by atoms with E-state index in [4.69, 9.17) is 5.73 Å². The third kappa shape index (κ3) is 1.55. The summed E-state index contributed by atoms with van der Waals surface area (Å²) in [6.07, 6.45) is 5.19. The average Bonchev–Trinajstić information content (AvgIpc) is 2.79. The zero-order valence-electron chi connectivity index (χ0n) is 10.6. The van der Waals surface area contributed by atoms with E-state index in [-0.39, 0.29) is 11.9 Å². The van der Waals surface area contributed by atoms with Crippen LogP contribution in [0.25, 0.3) is 0 Å². The van der Waals surface area contributed by atoms with Crippen LogP contribution in [-0.4, -0.2) is 6.04 Å². The van der Waals surface area contributed by atoms with E-state index in [0.717, 1.165) is 41.6 Å². The van der Waals surface area contributed by atoms with Gasteiger partial charge in [0.1, 0.15) is 5.82 Å². The summed E-state index contributed by atoms with van der Waals surface area (Å²) in [4.78, 5) is 0. The first-order valence-corrected chi connectivity index (χ1v) is 7.24. The molecule has 0 spiro atoms. The molecule has 1 aromatic carbocycles. The van der Waals surface area contributed by atoms with Crippen molar-refractivity contribution in [3.05, 3.63) is 35.6 Å². The molecule has 0 amide bonds. The molecule has 3 aliphatic carbocycles. The zero-order chi connectivity index (χ0) is 12.3. The van der Waals surface area contributed by atoms with Crippen molar-refractivity contribution in [1.29, 1.82) is 0 Å². The molecule has 96 valence electrons. The summed E-state index contributed by atoms with van der Waals surface area (Å²) in [7, 11) is 0. The smallest absolute Gasteiger partial charge is 0.123 e. The second-order valence-corrected chi connectivity index (χ2v) is 6.56. The van der Waals surface area contributed by atoms with Crippen LogP contribution in [0.1, 0.15) is 24.8 Å². The topological polar surface area (TPSA) is 26.0 Å². The van der Waals surface area contributed by atoms with Gasteiger partial charge in [0.25, 0.3) is 0 Å². The van der Waals surface area contributed by atoms with E-state index in [0.29, 0.717) is 0 Å². The molecule has 0 aromatic heterocycles. The van der Waals surface area contributed by atoms with Gasteiger partial charge in [-0.25, -0.2) is 4.39 Å². The fraction of sp³-hybridized carbons (Fsp3) is 0.625. The van der Waals surface area contributed by atoms with Gasteiger partial charge >= 0.3 is 0 Å². The molecule has 0 saturated heterocycles. The van der Waals surface area contributed by atoms with Crippen molar-refractivity contribution >= 4 is 0 Å². The molecule has 0 heterocycles. The van der Waals surface area contributed by atoms with Gasteiger partial charge < -0.3 is 5.73 Å². The van der Waals surface area contributed by atoms with Gasteiger partial charge in [0.2, 0.25) is 0 Å². The van der Waals surface area contributed by atoms with E-state index in [2.05, 4.69) is 0 Å². The van der Waals surface area contributed by atoms with Crippen molar-refractivity contribution in [3.8, 4) is 0 Å². The molecule has 2 heteroatoms. The Morgan fingerprint density at radius 1 is 1.22 bits per heavy atom. The molecule has 4 rings (SSSR count). The number of hydrogen-bond acceptors (Lipinski definition) is 1. The molecule has 5 unspecified atom stereocenters. The first-order chi connectivity index (χ1) is 8.74. The molecule has 0 aliphatic heterocycles. The predicted octanol–water partition coefficient (Wildman–Crippen LogP) is 2.99. The molecule has 3 saturated carbocycles. The molecule has 2 bridgehead atoms. The lowest BCUT2D eigenvalue weighted by Crippen LogP contribution is -2.28. The molecule has 1 nitrogen and oxygen atoms in total. The van der Waals surface area contributed by atoms with Crippen molar-refractivity contribution in [2.24, 2.45) is 35.3 Å².